The summed E-state index contributed by atoms with van der Waals surface area (Å²) in [5.41, 5.74) is 2.89. The maximum absolute atomic E-state index is 12.5. The predicted octanol–water partition coefficient (Wildman–Crippen LogP) is 3.66. The molecule has 3 rings (SSSR count). The molecule has 6 heteroatoms. The van der Waals surface area contributed by atoms with E-state index in [1.807, 2.05) is 37.3 Å². The summed E-state index contributed by atoms with van der Waals surface area (Å²) in [5, 5.41) is 2.94. The number of rotatable bonds is 4. The number of pyridine rings is 1. The monoisotopic (exact) mass is 449 g/mol. The van der Waals surface area contributed by atoms with E-state index >= 15 is 0 Å². The number of amides is 1. The van der Waals surface area contributed by atoms with Crippen LogP contribution >= 0.6 is 22.6 Å². The molecule has 1 N–H and O–H groups in total. The van der Waals surface area contributed by atoms with Crippen LogP contribution in [0.15, 0.2) is 36.5 Å². The van der Waals surface area contributed by atoms with E-state index < -0.39 is 0 Å². The van der Waals surface area contributed by atoms with Crippen LogP contribution in [-0.4, -0.2) is 30.3 Å². The zero-order valence-corrected chi connectivity index (χ0v) is 16.2. The smallest absolute Gasteiger partial charge is 0.228 e. The molecule has 130 valence electrons. The molecule has 25 heavy (non-hydrogen) atoms. The second-order valence-corrected chi connectivity index (χ2v) is 7.44. The van der Waals surface area contributed by atoms with Crippen molar-refractivity contribution >= 4 is 46.3 Å². The molecule has 2 aromatic rings. The minimum Gasteiger partial charge on any atom is -0.371 e. The largest absolute Gasteiger partial charge is 0.371 e. The molecule has 0 unspecified atom stereocenters. The highest BCUT2D eigenvalue weighted by atomic mass is 127. The number of anilines is 2. The molecule has 5 nitrogen and oxygen atoms in total. The molecule has 0 atom stereocenters. The van der Waals surface area contributed by atoms with Gasteiger partial charge in [-0.1, -0.05) is 0 Å². The van der Waals surface area contributed by atoms with Gasteiger partial charge in [-0.2, -0.15) is 0 Å². The molecule has 1 saturated heterocycles. The van der Waals surface area contributed by atoms with E-state index in [1.165, 1.54) is 0 Å². The van der Waals surface area contributed by atoms with Crippen LogP contribution in [0.3, 0.4) is 0 Å². The summed E-state index contributed by atoms with van der Waals surface area (Å²) in [7, 11) is 0. The van der Waals surface area contributed by atoms with Gasteiger partial charge in [-0.3, -0.25) is 9.59 Å². The average Bonchev–Trinajstić information content (AvgIpc) is 2.65. The average molecular weight is 449 g/mol. The molecule has 1 aromatic carbocycles. The summed E-state index contributed by atoms with van der Waals surface area (Å²) in [6.45, 7) is 3.67. The number of benzene rings is 1. The first-order chi connectivity index (χ1) is 12.1. The van der Waals surface area contributed by atoms with Gasteiger partial charge in [-0.25, -0.2) is 4.98 Å². The number of halogens is 1. The van der Waals surface area contributed by atoms with Crippen LogP contribution < -0.4 is 10.2 Å². The van der Waals surface area contributed by atoms with Gasteiger partial charge in [0.25, 0.3) is 0 Å². The Morgan fingerprint density at radius 1 is 1.28 bits per heavy atom. The highest BCUT2D eigenvalue weighted by Crippen LogP contribution is 2.24. The maximum atomic E-state index is 12.5. The first-order valence-electron chi connectivity index (χ1n) is 8.30. The van der Waals surface area contributed by atoms with Crippen molar-refractivity contribution in [2.75, 3.05) is 23.3 Å². The second-order valence-electron chi connectivity index (χ2n) is 6.28. The Kier molecular flexibility index (Phi) is 5.67. The Labute approximate surface area is 161 Å². The molecule has 1 aliphatic heterocycles. The van der Waals surface area contributed by atoms with Gasteiger partial charge in [0.2, 0.25) is 5.91 Å². The molecule has 2 heterocycles. The number of nitrogens with one attached hydrogen (secondary N) is 1. The Hall–Kier alpha value is -1.96. The molecule has 0 saturated carbocycles. The van der Waals surface area contributed by atoms with Crippen molar-refractivity contribution in [2.24, 2.45) is 5.92 Å². The number of aromatic nitrogens is 1. The molecule has 0 aliphatic carbocycles. The summed E-state index contributed by atoms with van der Waals surface area (Å²) in [6.07, 6.45) is 4.24. The molecular weight excluding hydrogens is 429 g/mol. The standard InChI is InChI=1S/C19H20IN3O2/c1-13-10-18(21-11-17(13)20)22-19(25)15-6-8-23(9-7-15)16-4-2-14(12-24)3-5-16/h2-5,10-12,15H,6-9H2,1H3,(H,21,22,25). The Morgan fingerprint density at radius 2 is 1.96 bits per heavy atom. The van der Waals surface area contributed by atoms with Crippen molar-refractivity contribution in [3.63, 3.8) is 0 Å². The highest BCUT2D eigenvalue weighted by molar-refractivity contribution is 14.1. The molecule has 1 aromatic heterocycles. The fourth-order valence-corrected chi connectivity index (χ4v) is 3.29. The van der Waals surface area contributed by atoms with Crippen LogP contribution in [0.2, 0.25) is 0 Å². The number of hydrogen-bond acceptors (Lipinski definition) is 4. The minimum absolute atomic E-state index is 0.00637. The quantitative estimate of drug-likeness (QED) is 0.572. The predicted molar refractivity (Wildman–Crippen MR) is 107 cm³/mol. The fraction of sp³-hybridized carbons (Fsp3) is 0.316. The molecular formula is C19H20IN3O2. The lowest BCUT2D eigenvalue weighted by atomic mass is 9.95. The van der Waals surface area contributed by atoms with E-state index in [1.54, 1.807) is 6.20 Å². The Bertz CT molecular complexity index is 769. The van der Waals surface area contributed by atoms with E-state index in [0.29, 0.717) is 11.4 Å². The van der Waals surface area contributed by atoms with Crippen molar-refractivity contribution in [1.82, 2.24) is 4.98 Å². The van der Waals surface area contributed by atoms with Gasteiger partial charge in [0.05, 0.1) is 0 Å². The number of nitrogens with zero attached hydrogens (tertiary/aromatic N) is 2. The zero-order chi connectivity index (χ0) is 17.8. The van der Waals surface area contributed by atoms with E-state index in [9.17, 15) is 9.59 Å². The molecule has 0 spiro atoms. The number of hydrogen-bond donors (Lipinski definition) is 1. The molecule has 0 radical (unpaired) electrons. The van der Waals surface area contributed by atoms with Crippen molar-refractivity contribution < 1.29 is 9.59 Å². The van der Waals surface area contributed by atoms with Gasteiger partial charge < -0.3 is 10.2 Å². The number of piperidine rings is 1. The third kappa shape index (κ3) is 4.36. The van der Waals surface area contributed by atoms with Crippen molar-refractivity contribution in [3.8, 4) is 0 Å². The number of aldehydes is 1. The van der Waals surface area contributed by atoms with Crippen molar-refractivity contribution in [1.29, 1.82) is 0 Å². The summed E-state index contributed by atoms with van der Waals surface area (Å²) in [5.74, 6) is 0.672. The zero-order valence-electron chi connectivity index (χ0n) is 14.0. The molecule has 1 amide bonds. The number of aryl methyl sites for hydroxylation is 1. The van der Waals surface area contributed by atoms with Crippen molar-refractivity contribution in [3.05, 3.63) is 51.2 Å². The van der Waals surface area contributed by atoms with Gasteiger partial charge in [0, 0.05) is 40.0 Å². The van der Waals surface area contributed by atoms with Crippen LogP contribution in [-0.2, 0) is 4.79 Å². The van der Waals surface area contributed by atoms with E-state index in [2.05, 4.69) is 37.8 Å². The normalized spacial score (nSPS) is 15.0. The number of carbonyl (C=O) groups is 2. The second kappa shape index (κ2) is 7.95. The van der Waals surface area contributed by atoms with Crippen LogP contribution in [0.1, 0.15) is 28.8 Å². The summed E-state index contributed by atoms with van der Waals surface area (Å²) in [4.78, 5) is 29.7. The van der Waals surface area contributed by atoms with Gasteiger partial charge in [0.1, 0.15) is 12.1 Å². The Balaban J connectivity index is 1.56. The summed E-state index contributed by atoms with van der Waals surface area (Å²) < 4.78 is 1.09. The Morgan fingerprint density at radius 3 is 2.56 bits per heavy atom. The lowest BCUT2D eigenvalue weighted by Crippen LogP contribution is -2.38. The third-order valence-corrected chi connectivity index (χ3v) is 5.69. The van der Waals surface area contributed by atoms with Crippen LogP contribution in [0, 0.1) is 16.4 Å². The van der Waals surface area contributed by atoms with E-state index in [-0.39, 0.29) is 11.8 Å². The first kappa shape index (κ1) is 17.8. The SMILES string of the molecule is Cc1cc(NC(=O)C2CCN(c3ccc(C=O)cc3)CC2)ncc1I. The lowest BCUT2D eigenvalue weighted by molar-refractivity contribution is -0.120. The lowest BCUT2D eigenvalue weighted by Gasteiger charge is -2.33. The minimum atomic E-state index is 0.00637. The van der Waals surface area contributed by atoms with Crippen LogP contribution in [0.25, 0.3) is 0 Å². The molecule has 0 bridgehead atoms. The maximum Gasteiger partial charge on any atom is 0.228 e. The van der Waals surface area contributed by atoms with Crippen LogP contribution in [0.5, 0.6) is 0 Å². The van der Waals surface area contributed by atoms with E-state index in [0.717, 1.165) is 47.0 Å². The van der Waals surface area contributed by atoms with Crippen molar-refractivity contribution in [2.45, 2.75) is 19.8 Å². The van der Waals surface area contributed by atoms with Gasteiger partial charge >= 0.3 is 0 Å². The topological polar surface area (TPSA) is 62.3 Å². The summed E-state index contributed by atoms with van der Waals surface area (Å²) >= 11 is 2.23. The third-order valence-electron chi connectivity index (χ3n) is 4.56. The summed E-state index contributed by atoms with van der Waals surface area (Å²) in [6, 6.07) is 9.48. The van der Waals surface area contributed by atoms with E-state index in [4.69, 9.17) is 0 Å². The molecule has 1 fully saturated rings. The highest BCUT2D eigenvalue weighted by Gasteiger charge is 2.25. The fourth-order valence-electron chi connectivity index (χ4n) is 3.00. The van der Waals surface area contributed by atoms with Gasteiger partial charge in [0.15, 0.2) is 0 Å². The molecule has 1 aliphatic rings. The van der Waals surface area contributed by atoms with Gasteiger partial charge in [-0.05, 0) is 78.3 Å². The first-order valence-corrected chi connectivity index (χ1v) is 9.38. The van der Waals surface area contributed by atoms with Gasteiger partial charge in [-0.15, -0.1) is 0 Å². The number of carbonyl (C=O) groups excluding carboxylic acids is 2. The van der Waals surface area contributed by atoms with Crippen LogP contribution in [0.4, 0.5) is 11.5 Å².